The Labute approximate surface area is 178 Å². The Morgan fingerprint density at radius 2 is 1.59 bits per heavy atom. The van der Waals surface area contributed by atoms with Gasteiger partial charge in [-0.15, -0.1) is 0 Å². The van der Waals surface area contributed by atoms with Crippen molar-refractivity contribution >= 4 is 33.7 Å². The first-order chi connectivity index (χ1) is 14.1. The lowest BCUT2D eigenvalue weighted by atomic mass is 9.70. The summed E-state index contributed by atoms with van der Waals surface area (Å²) >= 11 is 3.93. The van der Waals surface area contributed by atoms with Crippen LogP contribution in [0.25, 0.3) is 34.5 Å². The molecule has 0 aromatic heterocycles. The van der Waals surface area contributed by atoms with Gasteiger partial charge in [0.05, 0.1) is 0 Å². The average Bonchev–Trinajstić information content (AvgIpc) is 3.25. The van der Waals surface area contributed by atoms with Crippen LogP contribution in [0.5, 0.6) is 0 Å². The van der Waals surface area contributed by atoms with Crippen LogP contribution in [0.2, 0.25) is 0 Å². The van der Waals surface area contributed by atoms with Gasteiger partial charge in [-0.05, 0) is 84.6 Å². The first kappa shape index (κ1) is 17.1. The summed E-state index contributed by atoms with van der Waals surface area (Å²) in [5, 5.41) is 2.69. The van der Waals surface area contributed by atoms with Crippen LogP contribution in [0.15, 0.2) is 83.1 Å². The van der Waals surface area contributed by atoms with Gasteiger partial charge in [0, 0.05) is 33.5 Å². The number of nitrogens with zero attached hydrogens (tertiary/aromatic N) is 1. The van der Waals surface area contributed by atoms with E-state index in [1.807, 2.05) is 0 Å². The molecule has 1 heterocycles. The van der Waals surface area contributed by atoms with E-state index < -0.39 is 0 Å². The molecule has 0 unspecified atom stereocenters. The summed E-state index contributed by atoms with van der Waals surface area (Å²) in [6.45, 7) is 4.74. The summed E-state index contributed by atoms with van der Waals surface area (Å²) in [5.41, 5.74) is 9.20. The summed E-state index contributed by atoms with van der Waals surface area (Å²) in [6.07, 6.45) is 9.15. The van der Waals surface area contributed by atoms with E-state index >= 15 is 0 Å². The van der Waals surface area contributed by atoms with Gasteiger partial charge >= 0.3 is 0 Å². The third-order valence-corrected chi connectivity index (χ3v) is 7.26. The molecule has 0 radical (unpaired) electrons. The first-order valence-electron chi connectivity index (χ1n) is 9.98. The zero-order valence-corrected chi connectivity index (χ0v) is 18.0. The lowest BCUT2D eigenvalue weighted by Crippen LogP contribution is -2.31. The second-order valence-corrected chi connectivity index (χ2v) is 9.24. The van der Waals surface area contributed by atoms with E-state index in [2.05, 4.69) is 120 Å². The Hall–Kier alpha value is -2.84. The molecule has 0 N–H and O–H groups in total. The lowest BCUT2D eigenvalue weighted by Gasteiger charge is -2.33. The first-order valence-corrected chi connectivity index (χ1v) is 10.8. The molecule has 1 aliphatic heterocycles. The van der Waals surface area contributed by atoms with Crippen molar-refractivity contribution in [3.63, 3.8) is 0 Å². The Morgan fingerprint density at radius 3 is 2.41 bits per heavy atom. The quantitative estimate of drug-likeness (QED) is 0.361. The molecule has 3 aliphatic carbocycles. The summed E-state index contributed by atoms with van der Waals surface area (Å²) in [6, 6.07) is 21.5. The number of fused-ring (bicyclic) bond motifs is 5. The highest BCUT2D eigenvalue weighted by molar-refractivity contribution is 9.10. The van der Waals surface area contributed by atoms with E-state index in [9.17, 15) is 0 Å². The van der Waals surface area contributed by atoms with E-state index in [0.717, 1.165) is 0 Å². The van der Waals surface area contributed by atoms with Gasteiger partial charge in [-0.3, -0.25) is 0 Å². The van der Waals surface area contributed by atoms with E-state index in [1.165, 1.54) is 54.0 Å². The molecule has 29 heavy (non-hydrogen) atoms. The van der Waals surface area contributed by atoms with Gasteiger partial charge < -0.3 is 4.57 Å². The van der Waals surface area contributed by atoms with Crippen molar-refractivity contribution < 1.29 is 0 Å². The van der Waals surface area contributed by atoms with Gasteiger partial charge in [0.2, 0.25) is 0 Å². The van der Waals surface area contributed by atoms with Crippen molar-refractivity contribution in [2.24, 2.45) is 0 Å². The highest BCUT2D eigenvalue weighted by Crippen LogP contribution is 2.54. The molecule has 0 fully saturated rings. The minimum atomic E-state index is -0.0807. The van der Waals surface area contributed by atoms with Crippen LogP contribution in [0.3, 0.4) is 0 Å². The second kappa shape index (κ2) is 5.84. The van der Waals surface area contributed by atoms with Crippen molar-refractivity contribution in [1.29, 1.82) is 0 Å². The molecule has 6 rings (SSSR count). The summed E-state index contributed by atoms with van der Waals surface area (Å²) in [5.74, 6) is 0. The van der Waals surface area contributed by atoms with Crippen LogP contribution in [-0.4, -0.2) is 4.57 Å². The molecular formula is C27H20BrN. The van der Waals surface area contributed by atoms with Crippen molar-refractivity contribution in [1.82, 2.24) is 4.57 Å². The molecule has 0 spiro atoms. The van der Waals surface area contributed by atoms with Crippen molar-refractivity contribution in [3.05, 3.63) is 105 Å². The van der Waals surface area contributed by atoms with Gasteiger partial charge in [0.1, 0.15) is 0 Å². The average molecular weight is 438 g/mol. The number of pyridine rings is 1. The third-order valence-electron chi connectivity index (χ3n) is 6.41. The van der Waals surface area contributed by atoms with Gasteiger partial charge in [-0.2, -0.15) is 0 Å². The number of para-hydroxylation sites is 1. The van der Waals surface area contributed by atoms with Crippen molar-refractivity contribution in [2.75, 3.05) is 0 Å². The molecule has 0 atom stereocenters. The van der Waals surface area contributed by atoms with Crippen LogP contribution in [-0.2, 0) is 5.41 Å². The number of rotatable bonds is 1. The number of aromatic nitrogens is 1. The van der Waals surface area contributed by atoms with Crippen LogP contribution >= 0.6 is 15.9 Å². The number of allylic oxidation sites excluding steroid dienone is 1. The maximum absolute atomic E-state index is 3.93. The topological polar surface area (TPSA) is 4.93 Å². The van der Waals surface area contributed by atoms with Crippen LogP contribution in [0, 0.1) is 0 Å². The van der Waals surface area contributed by atoms with E-state index in [4.69, 9.17) is 0 Å². The van der Waals surface area contributed by atoms with Gasteiger partial charge in [0.15, 0.2) is 0 Å². The summed E-state index contributed by atoms with van der Waals surface area (Å²) in [4.78, 5) is 0. The zero-order valence-electron chi connectivity index (χ0n) is 16.4. The number of hydrogen-bond acceptors (Lipinski definition) is 0. The molecule has 4 aliphatic rings. The smallest absolute Gasteiger partial charge is 0.0449 e. The molecule has 0 bridgehead atoms. The predicted octanol–water partition coefficient (Wildman–Crippen LogP) is 5.66. The molecule has 0 saturated carbocycles. The van der Waals surface area contributed by atoms with Gasteiger partial charge in [0.25, 0.3) is 0 Å². The molecule has 0 saturated heterocycles. The molecule has 2 heteroatoms. The number of benzene rings is 2. The van der Waals surface area contributed by atoms with Gasteiger partial charge in [-0.25, -0.2) is 0 Å². The minimum Gasteiger partial charge on any atom is -0.323 e. The largest absolute Gasteiger partial charge is 0.323 e. The molecule has 2 aromatic rings. The van der Waals surface area contributed by atoms with Crippen LogP contribution in [0.4, 0.5) is 0 Å². The highest BCUT2D eigenvalue weighted by Gasteiger charge is 2.40. The molecular weight excluding hydrogens is 418 g/mol. The van der Waals surface area contributed by atoms with E-state index in [1.54, 1.807) is 0 Å². The number of halogens is 1. The molecule has 0 amide bonds. The monoisotopic (exact) mass is 437 g/mol. The Balaban J connectivity index is 1.69. The summed E-state index contributed by atoms with van der Waals surface area (Å²) in [7, 11) is 0. The number of hydrogen-bond donors (Lipinski definition) is 0. The minimum absolute atomic E-state index is 0.0807. The van der Waals surface area contributed by atoms with E-state index in [-0.39, 0.29) is 5.41 Å². The standard InChI is InChI=1S/C27H20BrN/c1-27(2)24-18(14-17-8-6-7-11-20(17)24)15-22-25(27)23-16-29(13-12-21(23)26(22)28)19-9-4-3-5-10-19/h3-16H,1-2H3. The maximum Gasteiger partial charge on any atom is 0.0449 e. The Morgan fingerprint density at radius 1 is 0.828 bits per heavy atom. The SMILES string of the molecule is CC1(C)C2=c3ccccc3=CC2=Cc2c(Br)c3ccn(-c4ccccc4)cc-3c21. The maximum atomic E-state index is 3.93. The molecule has 1 nitrogen and oxygen atoms in total. The third kappa shape index (κ3) is 2.27. The fourth-order valence-corrected chi connectivity index (χ4v) is 5.85. The van der Waals surface area contributed by atoms with Crippen molar-refractivity contribution in [3.8, 4) is 16.8 Å². The fraction of sp³-hybridized carbons (Fsp3) is 0.111. The Bertz CT molecular complexity index is 1420. The Kier molecular flexibility index (Phi) is 3.43. The normalized spacial score (nSPS) is 16.1. The fourth-order valence-electron chi connectivity index (χ4n) is 5.19. The zero-order chi connectivity index (χ0) is 19.8. The van der Waals surface area contributed by atoms with Gasteiger partial charge in [-0.1, -0.05) is 56.3 Å². The van der Waals surface area contributed by atoms with Crippen molar-refractivity contribution in [2.45, 2.75) is 19.3 Å². The second-order valence-electron chi connectivity index (χ2n) is 8.45. The lowest BCUT2D eigenvalue weighted by molar-refractivity contribution is 0.689. The molecule has 140 valence electrons. The van der Waals surface area contributed by atoms with Crippen LogP contribution < -0.4 is 10.4 Å². The molecule has 2 aromatic carbocycles. The predicted molar refractivity (Wildman–Crippen MR) is 125 cm³/mol. The van der Waals surface area contributed by atoms with E-state index in [0.29, 0.717) is 0 Å². The highest BCUT2D eigenvalue weighted by atomic mass is 79.9. The summed E-state index contributed by atoms with van der Waals surface area (Å²) < 4.78 is 3.43. The van der Waals surface area contributed by atoms with Crippen LogP contribution in [0.1, 0.15) is 25.0 Å².